The number of carbonyl (C=O) groups is 1. The fourth-order valence-corrected chi connectivity index (χ4v) is 1.05. The third kappa shape index (κ3) is 3.56. The van der Waals surface area contributed by atoms with E-state index in [4.69, 9.17) is 10.00 Å². The Kier molecular flexibility index (Phi) is 3.84. The summed E-state index contributed by atoms with van der Waals surface area (Å²) in [5, 5.41) is 8.57. The first-order chi connectivity index (χ1) is 7.84. The van der Waals surface area contributed by atoms with E-state index in [2.05, 4.69) is 0 Å². The minimum atomic E-state index is -0.634. The summed E-state index contributed by atoms with van der Waals surface area (Å²) >= 11 is 0. The van der Waals surface area contributed by atoms with Crippen LogP contribution in [0.25, 0.3) is 0 Å². The van der Waals surface area contributed by atoms with Crippen LogP contribution in [0.2, 0.25) is 0 Å². The SMILES string of the molecule is CC(C)(C)C(=O)COc1ccc(C#N)cc1F. The van der Waals surface area contributed by atoms with Gasteiger partial charge in [0.25, 0.3) is 0 Å². The van der Waals surface area contributed by atoms with Crippen molar-refractivity contribution in [1.29, 1.82) is 5.26 Å². The first-order valence-corrected chi connectivity index (χ1v) is 5.20. The van der Waals surface area contributed by atoms with Crippen LogP contribution in [0.15, 0.2) is 18.2 Å². The van der Waals surface area contributed by atoms with E-state index in [0.717, 1.165) is 6.07 Å². The van der Waals surface area contributed by atoms with Crippen LogP contribution < -0.4 is 4.74 Å². The van der Waals surface area contributed by atoms with Crippen molar-refractivity contribution in [2.75, 3.05) is 6.61 Å². The Morgan fingerprint density at radius 3 is 2.59 bits per heavy atom. The van der Waals surface area contributed by atoms with Crippen molar-refractivity contribution < 1.29 is 13.9 Å². The second kappa shape index (κ2) is 4.96. The molecule has 0 saturated carbocycles. The normalized spacial score (nSPS) is 10.8. The van der Waals surface area contributed by atoms with Crippen LogP contribution in [0.4, 0.5) is 4.39 Å². The molecule has 0 N–H and O–H groups in total. The number of nitriles is 1. The maximum absolute atomic E-state index is 13.4. The summed E-state index contributed by atoms with van der Waals surface area (Å²) in [5.41, 5.74) is -0.291. The second-order valence-corrected chi connectivity index (χ2v) is 4.72. The molecule has 3 nitrogen and oxygen atoms in total. The van der Waals surface area contributed by atoms with Gasteiger partial charge in [0, 0.05) is 5.41 Å². The Balaban J connectivity index is 2.72. The van der Waals surface area contributed by atoms with E-state index in [9.17, 15) is 9.18 Å². The minimum absolute atomic E-state index is 0.0124. The largest absolute Gasteiger partial charge is 0.483 e. The van der Waals surface area contributed by atoms with Crippen molar-refractivity contribution in [3.8, 4) is 11.8 Å². The van der Waals surface area contributed by atoms with E-state index in [1.807, 2.05) is 6.07 Å². The van der Waals surface area contributed by atoms with Gasteiger partial charge in [-0.2, -0.15) is 5.26 Å². The van der Waals surface area contributed by atoms with Gasteiger partial charge in [-0.3, -0.25) is 4.79 Å². The van der Waals surface area contributed by atoms with Gasteiger partial charge in [0.05, 0.1) is 11.6 Å². The zero-order valence-electron chi connectivity index (χ0n) is 10.1. The van der Waals surface area contributed by atoms with Crippen molar-refractivity contribution in [1.82, 2.24) is 0 Å². The van der Waals surface area contributed by atoms with Gasteiger partial charge >= 0.3 is 0 Å². The van der Waals surface area contributed by atoms with Gasteiger partial charge in [-0.1, -0.05) is 20.8 Å². The molecule has 0 aliphatic rings. The molecule has 4 heteroatoms. The Labute approximate surface area is 99.8 Å². The summed E-state index contributed by atoms with van der Waals surface area (Å²) in [6.45, 7) is 5.14. The number of nitrogens with zero attached hydrogens (tertiary/aromatic N) is 1. The zero-order chi connectivity index (χ0) is 13.1. The van der Waals surface area contributed by atoms with E-state index in [1.165, 1.54) is 12.1 Å². The number of hydrogen-bond donors (Lipinski definition) is 0. The van der Waals surface area contributed by atoms with Gasteiger partial charge in [0.2, 0.25) is 0 Å². The number of rotatable bonds is 3. The van der Waals surface area contributed by atoms with E-state index < -0.39 is 11.2 Å². The molecule has 0 saturated heterocycles. The number of benzene rings is 1. The average Bonchev–Trinajstić information content (AvgIpc) is 2.25. The van der Waals surface area contributed by atoms with Gasteiger partial charge in [-0.15, -0.1) is 0 Å². The lowest BCUT2D eigenvalue weighted by Gasteiger charge is -2.16. The number of halogens is 1. The molecule has 1 aromatic rings. The maximum Gasteiger partial charge on any atom is 0.175 e. The molecule has 0 spiro atoms. The number of hydrogen-bond acceptors (Lipinski definition) is 3. The molecule has 0 aromatic heterocycles. The lowest BCUT2D eigenvalue weighted by atomic mass is 9.91. The summed E-state index contributed by atoms with van der Waals surface area (Å²) in [7, 11) is 0. The second-order valence-electron chi connectivity index (χ2n) is 4.72. The van der Waals surface area contributed by atoms with Crippen LogP contribution in [0.3, 0.4) is 0 Å². The molecule has 0 amide bonds. The molecular formula is C13H14FNO2. The highest BCUT2D eigenvalue weighted by molar-refractivity contribution is 5.85. The molecule has 0 heterocycles. The summed E-state index contributed by atoms with van der Waals surface area (Å²) in [6, 6.07) is 5.70. The number of carbonyl (C=O) groups excluding carboxylic acids is 1. The highest BCUT2D eigenvalue weighted by Crippen LogP contribution is 2.20. The fourth-order valence-electron chi connectivity index (χ4n) is 1.05. The van der Waals surface area contributed by atoms with Crippen LogP contribution in [-0.2, 0) is 4.79 Å². The van der Waals surface area contributed by atoms with E-state index in [1.54, 1.807) is 20.8 Å². The Morgan fingerprint density at radius 1 is 1.47 bits per heavy atom. The van der Waals surface area contributed by atoms with Crippen molar-refractivity contribution in [3.63, 3.8) is 0 Å². The van der Waals surface area contributed by atoms with Crippen LogP contribution >= 0.6 is 0 Å². The third-order valence-electron chi connectivity index (χ3n) is 2.26. The molecular weight excluding hydrogens is 221 g/mol. The number of ketones is 1. The predicted molar refractivity (Wildman–Crippen MR) is 61.1 cm³/mol. The van der Waals surface area contributed by atoms with Crippen LogP contribution in [-0.4, -0.2) is 12.4 Å². The Hall–Kier alpha value is -1.89. The quantitative estimate of drug-likeness (QED) is 0.809. The molecule has 17 heavy (non-hydrogen) atoms. The van der Waals surface area contributed by atoms with Crippen molar-refractivity contribution in [2.24, 2.45) is 5.41 Å². The monoisotopic (exact) mass is 235 g/mol. The fraction of sp³-hybridized carbons (Fsp3) is 0.385. The van der Waals surface area contributed by atoms with Gasteiger partial charge in [-0.25, -0.2) is 4.39 Å². The highest BCUT2D eigenvalue weighted by Gasteiger charge is 2.21. The zero-order valence-corrected chi connectivity index (χ0v) is 10.1. The summed E-state index contributed by atoms with van der Waals surface area (Å²) in [6.07, 6.45) is 0. The lowest BCUT2D eigenvalue weighted by molar-refractivity contribution is -0.128. The highest BCUT2D eigenvalue weighted by atomic mass is 19.1. The van der Waals surface area contributed by atoms with Gasteiger partial charge in [-0.05, 0) is 18.2 Å². The Morgan fingerprint density at radius 2 is 2.12 bits per heavy atom. The number of Topliss-reactive ketones (excluding diaryl/α,β-unsaturated/α-hetero) is 1. The predicted octanol–water partition coefficient (Wildman–Crippen LogP) is 2.69. The lowest BCUT2D eigenvalue weighted by Crippen LogP contribution is -2.26. The molecule has 0 radical (unpaired) electrons. The van der Waals surface area contributed by atoms with Crippen LogP contribution in [0.5, 0.6) is 5.75 Å². The van der Waals surface area contributed by atoms with E-state index >= 15 is 0 Å². The first-order valence-electron chi connectivity index (χ1n) is 5.20. The molecule has 0 unspecified atom stereocenters. The molecule has 0 bridgehead atoms. The third-order valence-corrected chi connectivity index (χ3v) is 2.26. The minimum Gasteiger partial charge on any atom is -0.483 e. The van der Waals surface area contributed by atoms with E-state index in [-0.39, 0.29) is 23.7 Å². The summed E-state index contributed by atoms with van der Waals surface area (Å²) in [4.78, 5) is 11.6. The summed E-state index contributed by atoms with van der Waals surface area (Å²) < 4.78 is 18.5. The standard InChI is InChI=1S/C13H14FNO2/c1-13(2,3)12(16)8-17-11-5-4-9(7-15)6-10(11)14/h4-6H,8H2,1-3H3. The van der Waals surface area contributed by atoms with Crippen LogP contribution in [0.1, 0.15) is 26.3 Å². The van der Waals surface area contributed by atoms with Crippen molar-refractivity contribution in [3.05, 3.63) is 29.6 Å². The summed E-state index contributed by atoms with van der Waals surface area (Å²) in [5.74, 6) is -0.756. The molecule has 1 rings (SSSR count). The number of ether oxygens (including phenoxy) is 1. The maximum atomic E-state index is 13.4. The molecule has 0 aliphatic heterocycles. The molecule has 90 valence electrons. The van der Waals surface area contributed by atoms with Crippen molar-refractivity contribution in [2.45, 2.75) is 20.8 Å². The average molecular weight is 235 g/mol. The molecule has 0 fully saturated rings. The first kappa shape index (κ1) is 13.2. The Bertz CT molecular complexity index is 469. The topological polar surface area (TPSA) is 50.1 Å². The van der Waals surface area contributed by atoms with E-state index in [0.29, 0.717) is 0 Å². The smallest absolute Gasteiger partial charge is 0.175 e. The van der Waals surface area contributed by atoms with Crippen molar-refractivity contribution >= 4 is 5.78 Å². The van der Waals surface area contributed by atoms with Gasteiger partial charge in [0.15, 0.2) is 17.3 Å². The molecule has 1 aromatic carbocycles. The molecule has 0 atom stereocenters. The molecule has 0 aliphatic carbocycles. The van der Waals surface area contributed by atoms with Gasteiger partial charge in [0.1, 0.15) is 6.61 Å². The van der Waals surface area contributed by atoms with Gasteiger partial charge < -0.3 is 4.74 Å². The van der Waals surface area contributed by atoms with Crippen LogP contribution in [0, 0.1) is 22.6 Å².